The molecule has 3 aromatic carbocycles. The fourth-order valence-electron chi connectivity index (χ4n) is 3.88. The highest BCUT2D eigenvalue weighted by atomic mass is 35.5. The molecule has 6 heteroatoms. The van der Waals surface area contributed by atoms with Crippen LogP contribution < -0.4 is 5.32 Å². The molecule has 178 valence electrons. The number of nitrogens with one attached hydrogen (secondary N) is 1. The van der Waals surface area contributed by atoms with Gasteiger partial charge in [0.15, 0.2) is 0 Å². The first kappa shape index (κ1) is 25.4. The maximum absolute atomic E-state index is 14.5. The Balaban J connectivity index is 1.99. The highest BCUT2D eigenvalue weighted by molar-refractivity contribution is 6.31. The number of benzene rings is 3. The standard InChI is InChI=1S/C28H30ClFN2O2/c1-3-15-31-28(34)26(17-21-10-5-4-6-11-21)32(19-22-12-7-9-20(2)16-22)27(33)18-23-24(29)13-8-14-25(23)30/h4-14,16,26H,3,15,17-19H2,1-2H3,(H,31,34). The smallest absolute Gasteiger partial charge is 0.243 e. The van der Waals surface area contributed by atoms with Crippen LogP contribution in [0, 0.1) is 12.7 Å². The second-order valence-electron chi connectivity index (χ2n) is 8.38. The molecule has 0 aromatic heterocycles. The maximum atomic E-state index is 14.5. The quantitative estimate of drug-likeness (QED) is 0.416. The third-order valence-corrected chi connectivity index (χ3v) is 6.00. The first-order chi connectivity index (χ1) is 16.4. The molecule has 1 unspecified atom stereocenters. The molecule has 0 radical (unpaired) electrons. The van der Waals surface area contributed by atoms with Crippen LogP contribution in [0.25, 0.3) is 0 Å². The first-order valence-corrected chi connectivity index (χ1v) is 11.9. The third kappa shape index (κ3) is 6.91. The molecule has 0 spiro atoms. The zero-order valence-electron chi connectivity index (χ0n) is 19.6. The van der Waals surface area contributed by atoms with Gasteiger partial charge in [0.25, 0.3) is 0 Å². The number of aryl methyl sites for hydroxylation is 1. The predicted molar refractivity (Wildman–Crippen MR) is 134 cm³/mol. The zero-order chi connectivity index (χ0) is 24.5. The summed E-state index contributed by atoms with van der Waals surface area (Å²) in [5, 5.41) is 3.13. The summed E-state index contributed by atoms with van der Waals surface area (Å²) in [7, 11) is 0. The number of halogens is 2. The van der Waals surface area contributed by atoms with Gasteiger partial charge in [0, 0.05) is 30.1 Å². The molecule has 0 fully saturated rings. The summed E-state index contributed by atoms with van der Waals surface area (Å²) in [5.74, 6) is -1.13. The number of hydrogen-bond acceptors (Lipinski definition) is 2. The maximum Gasteiger partial charge on any atom is 0.243 e. The Morgan fingerprint density at radius 3 is 2.38 bits per heavy atom. The molecule has 0 aliphatic rings. The minimum Gasteiger partial charge on any atom is -0.354 e. The normalized spacial score (nSPS) is 11.6. The van der Waals surface area contributed by atoms with Gasteiger partial charge in [-0.15, -0.1) is 0 Å². The van der Waals surface area contributed by atoms with E-state index in [0.29, 0.717) is 13.0 Å². The zero-order valence-corrected chi connectivity index (χ0v) is 20.3. The second kappa shape index (κ2) is 12.3. The lowest BCUT2D eigenvalue weighted by molar-refractivity contribution is -0.140. The molecule has 2 amide bonds. The average molecular weight is 481 g/mol. The van der Waals surface area contributed by atoms with E-state index in [0.717, 1.165) is 23.1 Å². The van der Waals surface area contributed by atoms with Gasteiger partial charge in [-0.3, -0.25) is 9.59 Å². The average Bonchev–Trinajstić information content (AvgIpc) is 2.82. The van der Waals surface area contributed by atoms with Gasteiger partial charge in [-0.25, -0.2) is 4.39 Å². The van der Waals surface area contributed by atoms with E-state index in [4.69, 9.17) is 11.6 Å². The van der Waals surface area contributed by atoms with E-state index in [1.807, 2.05) is 68.4 Å². The van der Waals surface area contributed by atoms with Gasteiger partial charge in [0.05, 0.1) is 6.42 Å². The molecule has 1 atom stereocenters. The summed E-state index contributed by atoms with van der Waals surface area (Å²) in [6, 6.07) is 21.0. The van der Waals surface area contributed by atoms with Crippen molar-refractivity contribution < 1.29 is 14.0 Å². The van der Waals surface area contributed by atoms with Crippen LogP contribution in [0.5, 0.6) is 0 Å². The summed E-state index contributed by atoms with van der Waals surface area (Å²) in [4.78, 5) is 28.5. The largest absolute Gasteiger partial charge is 0.354 e. The third-order valence-electron chi connectivity index (χ3n) is 5.65. The van der Waals surface area contributed by atoms with E-state index in [1.54, 1.807) is 11.0 Å². The minimum absolute atomic E-state index is 0.135. The first-order valence-electron chi connectivity index (χ1n) is 11.5. The van der Waals surface area contributed by atoms with Gasteiger partial charge in [-0.2, -0.15) is 0 Å². The Kier molecular flexibility index (Phi) is 9.23. The molecule has 0 aliphatic carbocycles. The van der Waals surface area contributed by atoms with Crippen LogP contribution in [0.2, 0.25) is 5.02 Å². The SMILES string of the molecule is CCCNC(=O)C(Cc1ccccc1)N(Cc1cccc(C)c1)C(=O)Cc1c(F)cccc1Cl. The molecule has 4 nitrogen and oxygen atoms in total. The fourth-order valence-corrected chi connectivity index (χ4v) is 4.11. The fraction of sp³-hybridized carbons (Fsp3) is 0.286. The molecule has 0 heterocycles. The number of rotatable bonds is 10. The lowest BCUT2D eigenvalue weighted by atomic mass is 10.0. The summed E-state index contributed by atoms with van der Waals surface area (Å²) < 4.78 is 14.5. The van der Waals surface area contributed by atoms with Crippen molar-refractivity contribution in [1.82, 2.24) is 10.2 Å². The summed E-state index contributed by atoms with van der Waals surface area (Å²) in [5.41, 5.74) is 3.02. The van der Waals surface area contributed by atoms with Gasteiger partial charge in [0.1, 0.15) is 11.9 Å². The van der Waals surface area contributed by atoms with Gasteiger partial charge >= 0.3 is 0 Å². The second-order valence-corrected chi connectivity index (χ2v) is 8.79. The monoisotopic (exact) mass is 480 g/mol. The minimum atomic E-state index is -0.757. The number of hydrogen-bond donors (Lipinski definition) is 1. The summed E-state index contributed by atoms with van der Waals surface area (Å²) >= 11 is 6.21. The molecule has 0 aliphatic heterocycles. The van der Waals surface area contributed by atoms with Crippen molar-refractivity contribution in [1.29, 1.82) is 0 Å². The summed E-state index contributed by atoms with van der Waals surface area (Å²) in [6.07, 6.45) is 0.892. The van der Waals surface area contributed by atoms with Crippen LogP contribution in [0.1, 0.15) is 35.6 Å². The van der Waals surface area contributed by atoms with E-state index < -0.39 is 11.9 Å². The topological polar surface area (TPSA) is 49.4 Å². The number of carbonyl (C=O) groups is 2. The number of nitrogens with zero attached hydrogens (tertiary/aromatic N) is 1. The lowest BCUT2D eigenvalue weighted by Crippen LogP contribution is -2.51. The number of carbonyl (C=O) groups excluding carboxylic acids is 2. The van der Waals surface area contributed by atoms with E-state index in [9.17, 15) is 14.0 Å². The Morgan fingerprint density at radius 2 is 1.71 bits per heavy atom. The predicted octanol–water partition coefficient (Wildman–Crippen LogP) is 5.50. The van der Waals surface area contributed by atoms with E-state index >= 15 is 0 Å². The Bertz CT molecular complexity index is 1100. The molecular formula is C28H30ClFN2O2. The van der Waals surface area contributed by atoms with Crippen LogP contribution in [-0.4, -0.2) is 29.3 Å². The molecule has 3 aromatic rings. The van der Waals surface area contributed by atoms with Crippen molar-refractivity contribution in [2.75, 3.05) is 6.54 Å². The lowest BCUT2D eigenvalue weighted by Gasteiger charge is -2.32. The molecule has 3 rings (SSSR count). The molecule has 0 saturated heterocycles. The Labute approximate surface area is 205 Å². The van der Waals surface area contributed by atoms with Gasteiger partial charge in [0.2, 0.25) is 11.8 Å². The van der Waals surface area contributed by atoms with Crippen LogP contribution in [0.3, 0.4) is 0 Å². The highest BCUT2D eigenvalue weighted by Crippen LogP contribution is 2.22. The van der Waals surface area contributed by atoms with Crippen LogP contribution in [-0.2, 0) is 29.0 Å². The van der Waals surface area contributed by atoms with Gasteiger partial charge in [-0.1, -0.05) is 84.8 Å². The Hall–Kier alpha value is -3.18. The Morgan fingerprint density at radius 1 is 1.00 bits per heavy atom. The number of amides is 2. The molecule has 0 saturated carbocycles. The molecular weight excluding hydrogens is 451 g/mol. The van der Waals surface area contributed by atoms with Crippen molar-refractivity contribution in [2.24, 2.45) is 0 Å². The van der Waals surface area contributed by atoms with Crippen LogP contribution >= 0.6 is 11.6 Å². The van der Waals surface area contributed by atoms with Gasteiger partial charge in [-0.05, 0) is 36.6 Å². The van der Waals surface area contributed by atoms with Crippen molar-refractivity contribution in [3.8, 4) is 0 Å². The van der Waals surface area contributed by atoms with Crippen molar-refractivity contribution in [3.05, 3.63) is 106 Å². The molecule has 1 N–H and O–H groups in total. The molecule has 34 heavy (non-hydrogen) atoms. The highest BCUT2D eigenvalue weighted by Gasteiger charge is 2.31. The van der Waals surface area contributed by atoms with Crippen molar-refractivity contribution in [3.63, 3.8) is 0 Å². The van der Waals surface area contributed by atoms with Gasteiger partial charge < -0.3 is 10.2 Å². The van der Waals surface area contributed by atoms with Crippen molar-refractivity contribution in [2.45, 2.75) is 45.7 Å². The summed E-state index contributed by atoms with van der Waals surface area (Å²) in [6.45, 7) is 4.69. The van der Waals surface area contributed by atoms with Crippen molar-refractivity contribution >= 4 is 23.4 Å². The van der Waals surface area contributed by atoms with E-state index in [-0.39, 0.29) is 35.4 Å². The van der Waals surface area contributed by atoms with E-state index in [1.165, 1.54) is 12.1 Å². The van der Waals surface area contributed by atoms with Crippen LogP contribution in [0.15, 0.2) is 72.8 Å². The molecule has 0 bridgehead atoms. The van der Waals surface area contributed by atoms with Crippen LogP contribution in [0.4, 0.5) is 4.39 Å². The van der Waals surface area contributed by atoms with E-state index in [2.05, 4.69) is 5.32 Å².